The molecule has 0 radical (unpaired) electrons. The maximum absolute atomic E-state index is 14.3. The van der Waals surface area contributed by atoms with Crippen LogP contribution in [0.25, 0.3) is 11.1 Å². The average Bonchev–Trinajstić information content (AvgIpc) is 3.36. The second kappa shape index (κ2) is 12.8. The molecule has 10 heteroatoms. The molecule has 0 fully saturated rings. The smallest absolute Gasteiger partial charge is 0.326 e. The van der Waals surface area contributed by atoms with Crippen LogP contribution in [0.5, 0.6) is 0 Å². The van der Waals surface area contributed by atoms with Crippen molar-refractivity contribution in [1.82, 2.24) is 10.3 Å². The molecule has 8 nitrogen and oxygen atoms in total. The standard InChI is InChI=1S/C28H31ClFN3O5/c1-15(2)24-14-38-27(33-24)25(34)12-18(11-23(28(36)37)32-26(35)16(3)31)10-17-4-6-19(7-5-17)21-13-20(29)8-9-22(21)30/h4-9,13-16,18,23H,10-12,31H2,1-3H3,(H,32,35)(H,36,37)/t16-,18+,23+/m0/s1. The summed E-state index contributed by atoms with van der Waals surface area (Å²) in [6.45, 7) is 5.30. The minimum absolute atomic E-state index is 0.0258. The molecule has 2 aromatic carbocycles. The van der Waals surface area contributed by atoms with Gasteiger partial charge in [-0.3, -0.25) is 9.59 Å². The van der Waals surface area contributed by atoms with Crippen LogP contribution in [0.2, 0.25) is 5.02 Å². The lowest BCUT2D eigenvalue weighted by molar-refractivity contribution is -0.142. The number of hydrogen-bond acceptors (Lipinski definition) is 6. The van der Waals surface area contributed by atoms with Gasteiger partial charge >= 0.3 is 5.97 Å². The maximum atomic E-state index is 14.3. The largest absolute Gasteiger partial charge is 0.480 e. The SMILES string of the molecule is CC(C)c1coc(C(=O)C[C@H](Cc2ccc(-c3cc(Cl)ccc3F)cc2)C[C@@H](NC(=O)[C@H](C)N)C(=O)O)n1. The van der Waals surface area contributed by atoms with Crippen LogP contribution in [0, 0.1) is 11.7 Å². The Labute approximate surface area is 225 Å². The van der Waals surface area contributed by atoms with E-state index >= 15 is 0 Å². The number of Topliss-reactive ketones (excluding diaryl/α,β-unsaturated/α-hetero) is 1. The lowest BCUT2D eigenvalue weighted by Crippen LogP contribution is -2.48. The molecule has 0 aliphatic heterocycles. The molecule has 0 spiro atoms. The quantitative estimate of drug-likeness (QED) is 0.274. The number of nitrogens with zero attached hydrogens (tertiary/aromatic N) is 1. The predicted octanol–water partition coefficient (Wildman–Crippen LogP) is 5.00. The van der Waals surface area contributed by atoms with Crippen molar-refractivity contribution < 1.29 is 28.3 Å². The summed E-state index contributed by atoms with van der Waals surface area (Å²) in [7, 11) is 0. The summed E-state index contributed by atoms with van der Waals surface area (Å²) in [6.07, 6.45) is 1.67. The molecule has 38 heavy (non-hydrogen) atoms. The van der Waals surface area contributed by atoms with Gasteiger partial charge in [-0.2, -0.15) is 0 Å². The fourth-order valence-corrected chi connectivity index (χ4v) is 4.17. The Morgan fingerprint density at radius 2 is 1.82 bits per heavy atom. The molecular formula is C28H31ClFN3O5. The van der Waals surface area contributed by atoms with E-state index < -0.39 is 35.7 Å². The highest BCUT2D eigenvalue weighted by Gasteiger charge is 2.28. The Balaban J connectivity index is 1.84. The van der Waals surface area contributed by atoms with E-state index in [4.69, 9.17) is 21.8 Å². The number of hydrogen-bond donors (Lipinski definition) is 3. The first-order chi connectivity index (χ1) is 17.9. The zero-order valence-electron chi connectivity index (χ0n) is 21.4. The molecule has 0 saturated carbocycles. The number of carbonyl (C=O) groups excluding carboxylic acids is 2. The molecule has 1 heterocycles. The number of amides is 1. The molecule has 0 unspecified atom stereocenters. The molecule has 0 aliphatic carbocycles. The van der Waals surface area contributed by atoms with E-state index in [2.05, 4.69) is 10.3 Å². The van der Waals surface area contributed by atoms with E-state index in [0.717, 1.165) is 5.56 Å². The number of aromatic nitrogens is 1. The van der Waals surface area contributed by atoms with Gasteiger partial charge in [0.05, 0.1) is 11.7 Å². The lowest BCUT2D eigenvalue weighted by Gasteiger charge is -2.22. The summed E-state index contributed by atoms with van der Waals surface area (Å²) in [5.41, 5.74) is 8.00. The number of nitrogens with one attached hydrogen (secondary N) is 1. The first kappa shape index (κ1) is 29.0. The van der Waals surface area contributed by atoms with Crippen LogP contribution in [-0.2, 0) is 16.0 Å². The summed E-state index contributed by atoms with van der Waals surface area (Å²) in [4.78, 5) is 41.3. The molecule has 0 aliphatic rings. The topological polar surface area (TPSA) is 136 Å². The number of carbonyl (C=O) groups is 3. The lowest BCUT2D eigenvalue weighted by atomic mass is 9.87. The maximum Gasteiger partial charge on any atom is 0.326 e. The molecule has 3 aromatic rings. The second-order valence-corrected chi connectivity index (χ2v) is 10.1. The van der Waals surface area contributed by atoms with Crippen molar-refractivity contribution in [2.75, 3.05) is 0 Å². The zero-order chi connectivity index (χ0) is 28.0. The molecule has 202 valence electrons. The van der Waals surface area contributed by atoms with E-state index in [1.54, 1.807) is 24.3 Å². The van der Waals surface area contributed by atoms with Crippen molar-refractivity contribution in [3.63, 3.8) is 0 Å². The minimum atomic E-state index is -1.25. The van der Waals surface area contributed by atoms with Crippen molar-refractivity contribution >= 4 is 29.3 Å². The van der Waals surface area contributed by atoms with Crippen LogP contribution < -0.4 is 11.1 Å². The van der Waals surface area contributed by atoms with Gasteiger partial charge in [0.1, 0.15) is 18.1 Å². The van der Waals surface area contributed by atoms with Crippen molar-refractivity contribution in [3.8, 4) is 11.1 Å². The van der Waals surface area contributed by atoms with Gasteiger partial charge in [0.15, 0.2) is 0 Å². The van der Waals surface area contributed by atoms with E-state index in [1.165, 1.54) is 31.4 Å². The molecule has 3 atom stereocenters. The Kier molecular flexibility index (Phi) is 9.77. The molecule has 0 saturated heterocycles. The Hall–Kier alpha value is -3.56. The predicted molar refractivity (Wildman–Crippen MR) is 141 cm³/mol. The number of rotatable bonds is 12. The molecule has 3 rings (SSSR count). The highest BCUT2D eigenvalue weighted by atomic mass is 35.5. The van der Waals surface area contributed by atoms with Crippen LogP contribution in [-0.4, -0.2) is 39.8 Å². The third-order valence-electron chi connectivity index (χ3n) is 6.14. The monoisotopic (exact) mass is 543 g/mol. The van der Waals surface area contributed by atoms with E-state index in [1.807, 2.05) is 13.8 Å². The van der Waals surface area contributed by atoms with Gasteiger partial charge in [-0.05, 0) is 60.9 Å². The molecule has 1 amide bonds. The van der Waals surface area contributed by atoms with Gasteiger partial charge in [-0.1, -0.05) is 49.7 Å². The summed E-state index contributed by atoms with van der Waals surface area (Å²) in [6, 6.07) is 9.20. The van der Waals surface area contributed by atoms with Crippen LogP contribution >= 0.6 is 11.6 Å². The van der Waals surface area contributed by atoms with Crippen molar-refractivity contribution in [3.05, 3.63) is 76.7 Å². The number of carboxylic acids is 1. The first-order valence-corrected chi connectivity index (χ1v) is 12.6. The minimum Gasteiger partial charge on any atom is -0.480 e. The summed E-state index contributed by atoms with van der Waals surface area (Å²) < 4.78 is 19.7. The number of halogens is 2. The number of nitrogens with two attached hydrogens (primary N) is 1. The molecule has 1 aromatic heterocycles. The van der Waals surface area contributed by atoms with Crippen molar-refractivity contribution in [1.29, 1.82) is 0 Å². The summed E-state index contributed by atoms with van der Waals surface area (Å²) >= 11 is 6.02. The number of oxazole rings is 1. The van der Waals surface area contributed by atoms with Crippen LogP contribution in [0.15, 0.2) is 53.1 Å². The second-order valence-electron chi connectivity index (χ2n) is 9.67. The highest BCUT2D eigenvalue weighted by molar-refractivity contribution is 6.30. The number of ketones is 1. The van der Waals surface area contributed by atoms with Crippen LogP contribution in [0.4, 0.5) is 4.39 Å². The van der Waals surface area contributed by atoms with Gasteiger partial charge in [0.2, 0.25) is 11.7 Å². The van der Waals surface area contributed by atoms with Gasteiger partial charge < -0.3 is 20.6 Å². The van der Waals surface area contributed by atoms with Crippen molar-refractivity contribution in [2.45, 2.75) is 58.0 Å². The fourth-order valence-electron chi connectivity index (χ4n) is 4.00. The van der Waals surface area contributed by atoms with Gasteiger partial charge in [-0.15, -0.1) is 0 Å². The van der Waals surface area contributed by atoms with E-state index in [0.29, 0.717) is 28.3 Å². The van der Waals surface area contributed by atoms with E-state index in [-0.39, 0.29) is 30.4 Å². The molecular weight excluding hydrogens is 513 g/mol. The van der Waals surface area contributed by atoms with Crippen LogP contribution in [0.3, 0.4) is 0 Å². The van der Waals surface area contributed by atoms with Gasteiger partial charge in [0, 0.05) is 17.0 Å². The number of benzene rings is 2. The molecule has 4 N–H and O–H groups in total. The fraction of sp³-hybridized carbons (Fsp3) is 0.357. The average molecular weight is 544 g/mol. The first-order valence-electron chi connectivity index (χ1n) is 12.3. The van der Waals surface area contributed by atoms with E-state index in [9.17, 15) is 23.9 Å². The Morgan fingerprint density at radius 1 is 1.13 bits per heavy atom. The third kappa shape index (κ3) is 7.72. The number of aliphatic carboxylic acids is 1. The molecule has 0 bridgehead atoms. The zero-order valence-corrected chi connectivity index (χ0v) is 22.2. The van der Waals surface area contributed by atoms with Crippen molar-refractivity contribution in [2.24, 2.45) is 11.7 Å². The van der Waals surface area contributed by atoms with Crippen LogP contribution in [0.1, 0.15) is 61.5 Å². The van der Waals surface area contributed by atoms with Gasteiger partial charge in [0.25, 0.3) is 5.89 Å². The third-order valence-corrected chi connectivity index (χ3v) is 6.38. The Bertz CT molecular complexity index is 1290. The summed E-state index contributed by atoms with van der Waals surface area (Å²) in [5, 5.41) is 12.6. The Morgan fingerprint density at radius 3 is 2.39 bits per heavy atom. The number of carboxylic acid groups (broad SMARTS) is 1. The van der Waals surface area contributed by atoms with Gasteiger partial charge in [-0.25, -0.2) is 14.2 Å². The summed E-state index contributed by atoms with van der Waals surface area (Å²) in [5.74, 6) is -3.08. The highest BCUT2D eigenvalue weighted by Crippen LogP contribution is 2.28. The normalized spacial score (nSPS) is 13.7.